The number of hydrogen-bond donors (Lipinski definition) is 4. The lowest BCUT2D eigenvalue weighted by molar-refractivity contribution is -0.145. The van der Waals surface area contributed by atoms with Crippen LogP contribution in [0.15, 0.2) is 30.3 Å². The standard InChI is InChI=1S/C22H35N2O6P/c23-16-8-7-13-19(22(26)27)30-31(28,29)21(18-11-5-2-6-12-18)24-20(25)15-14-17-9-3-1-4-10-17/h1,3-4,9-10,18-19,21H,2,5-8,11-16,23H2,(H,24,25)(H,26,27)(H,28,29)/t19-,21?/m0/s1. The Kier molecular flexibility index (Phi) is 10.7. The summed E-state index contributed by atoms with van der Waals surface area (Å²) in [6.07, 6.45) is 4.69. The first-order valence-electron chi connectivity index (χ1n) is 11.1. The van der Waals surface area contributed by atoms with E-state index in [4.69, 9.17) is 10.3 Å². The molecule has 9 heteroatoms. The van der Waals surface area contributed by atoms with Crippen LogP contribution in [0.3, 0.4) is 0 Å². The molecule has 2 rings (SSSR count). The fourth-order valence-corrected chi connectivity index (χ4v) is 5.83. The van der Waals surface area contributed by atoms with Gasteiger partial charge in [-0.1, -0.05) is 49.6 Å². The van der Waals surface area contributed by atoms with Crippen LogP contribution in [0, 0.1) is 5.92 Å². The lowest BCUT2D eigenvalue weighted by Gasteiger charge is -2.34. The van der Waals surface area contributed by atoms with Crippen LogP contribution in [0.2, 0.25) is 0 Å². The molecule has 0 heterocycles. The van der Waals surface area contributed by atoms with Crippen LogP contribution in [0.25, 0.3) is 0 Å². The number of aliphatic carboxylic acids is 1. The van der Waals surface area contributed by atoms with Crippen molar-refractivity contribution >= 4 is 19.5 Å². The Morgan fingerprint density at radius 1 is 1.16 bits per heavy atom. The Bertz CT molecular complexity index is 739. The zero-order valence-corrected chi connectivity index (χ0v) is 18.8. The van der Waals surface area contributed by atoms with Gasteiger partial charge in [-0.05, 0) is 56.6 Å². The molecule has 0 bridgehead atoms. The Labute approximate surface area is 184 Å². The van der Waals surface area contributed by atoms with Crippen molar-refractivity contribution in [1.82, 2.24) is 5.32 Å². The van der Waals surface area contributed by atoms with Gasteiger partial charge in [0.2, 0.25) is 5.91 Å². The normalized spacial score (nSPS) is 18.6. The Balaban J connectivity index is 2.08. The lowest BCUT2D eigenvalue weighted by atomic mass is 9.89. The second-order valence-electron chi connectivity index (χ2n) is 8.18. The molecule has 3 atom stereocenters. The van der Waals surface area contributed by atoms with E-state index >= 15 is 0 Å². The molecule has 31 heavy (non-hydrogen) atoms. The highest BCUT2D eigenvalue weighted by Gasteiger charge is 2.43. The molecule has 0 aromatic heterocycles. The van der Waals surface area contributed by atoms with Crippen LogP contribution in [0.1, 0.15) is 63.4 Å². The third kappa shape index (κ3) is 8.73. The minimum atomic E-state index is -4.42. The number of carboxylic acid groups (broad SMARTS) is 1. The summed E-state index contributed by atoms with van der Waals surface area (Å²) in [5.74, 6) is -2.95. The van der Waals surface area contributed by atoms with E-state index in [0.29, 0.717) is 38.6 Å². The van der Waals surface area contributed by atoms with Crippen molar-refractivity contribution in [3.63, 3.8) is 0 Å². The van der Waals surface area contributed by atoms with Gasteiger partial charge < -0.3 is 21.1 Å². The van der Waals surface area contributed by atoms with Crippen LogP contribution in [-0.2, 0) is 25.1 Å². The Hall–Kier alpha value is -1.73. The molecule has 2 unspecified atom stereocenters. The molecule has 1 fully saturated rings. The molecule has 1 aliphatic rings. The first-order valence-corrected chi connectivity index (χ1v) is 12.7. The molecule has 1 amide bonds. The molecular formula is C22H35N2O6P. The van der Waals surface area contributed by atoms with Gasteiger partial charge in [0.15, 0.2) is 6.10 Å². The molecule has 174 valence electrons. The number of carbonyl (C=O) groups is 2. The SMILES string of the molecule is NCCCC[C@H](OP(=O)(O)C(NC(=O)CCc1ccccc1)C1CCCCC1)C(=O)O. The van der Waals surface area contributed by atoms with Gasteiger partial charge in [0.25, 0.3) is 0 Å². The van der Waals surface area contributed by atoms with Crippen LogP contribution in [-0.4, -0.2) is 40.3 Å². The van der Waals surface area contributed by atoms with E-state index in [1.807, 2.05) is 30.3 Å². The average Bonchev–Trinajstić information content (AvgIpc) is 2.76. The zero-order chi connectivity index (χ0) is 22.7. The fraction of sp³-hybridized carbons (Fsp3) is 0.636. The Morgan fingerprint density at radius 2 is 1.84 bits per heavy atom. The van der Waals surface area contributed by atoms with Crippen molar-refractivity contribution in [1.29, 1.82) is 0 Å². The van der Waals surface area contributed by atoms with Crippen molar-refractivity contribution < 1.29 is 28.7 Å². The van der Waals surface area contributed by atoms with E-state index < -0.39 is 25.5 Å². The number of carbonyl (C=O) groups excluding carboxylic acids is 1. The highest BCUT2D eigenvalue weighted by Crippen LogP contribution is 2.53. The maximum Gasteiger partial charge on any atom is 0.351 e. The van der Waals surface area contributed by atoms with Gasteiger partial charge >= 0.3 is 13.6 Å². The molecule has 5 N–H and O–H groups in total. The minimum Gasteiger partial charge on any atom is -0.479 e. The number of nitrogens with one attached hydrogen (secondary N) is 1. The van der Waals surface area contributed by atoms with Crippen molar-refractivity contribution in [3.05, 3.63) is 35.9 Å². The maximum atomic E-state index is 13.2. The maximum absolute atomic E-state index is 13.2. The predicted molar refractivity (Wildman–Crippen MR) is 119 cm³/mol. The smallest absolute Gasteiger partial charge is 0.351 e. The third-order valence-corrected chi connectivity index (χ3v) is 7.52. The summed E-state index contributed by atoms with van der Waals surface area (Å²) in [6.45, 7) is 0.408. The fourth-order valence-electron chi connectivity index (χ4n) is 4.00. The van der Waals surface area contributed by atoms with E-state index in [9.17, 15) is 24.2 Å². The third-order valence-electron chi connectivity index (χ3n) is 5.71. The molecule has 0 aliphatic heterocycles. The predicted octanol–water partition coefficient (Wildman–Crippen LogP) is 3.43. The highest BCUT2D eigenvalue weighted by atomic mass is 31.2. The van der Waals surface area contributed by atoms with Gasteiger partial charge in [-0.25, -0.2) is 4.79 Å². The van der Waals surface area contributed by atoms with Crippen molar-refractivity contribution in [2.24, 2.45) is 11.7 Å². The minimum absolute atomic E-state index is 0.0937. The topological polar surface area (TPSA) is 139 Å². The van der Waals surface area contributed by atoms with Crippen LogP contribution < -0.4 is 11.1 Å². The van der Waals surface area contributed by atoms with Crippen LogP contribution >= 0.6 is 7.60 Å². The average molecular weight is 455 g/mol. The summed E-state index contributed by atoms with van der Waals surface area (Å²) in [5.41, 5.74) is 6.45. The number of benzene rings is 1. The van der Waals surface area contributed by atoms with Crippen molar-refractivity contribution in [2.75, 3.05) is 6.54 Å². The van der Waals surface area contributed by atoms with Gasteiger partial charge in [-0.3, -0.25) is 13.9 Å². The molecule has 1 aliphatic carbocycles. The molecular weight excluding hydrogens is 419 g/mol. The molecule has 1 aromatic rings. The van der Waals surface area contributed by atoms with Gasteiger partial charge in [0, 0.05) is 6.42 Å². The van der Waals surface area contributed by atoms with Gasteiger partial charge in [-0.15, -0.1) is 0 Å². The van der Waals surface area contributed by atoms with Crippen molar-refractivity contribution in [2.45, 2.75) is 76.1 Å². The number of nitrogens with two attached hydrogens (primary N) is 1. The van der Waals surface area contributed by atoms with E-state index in [1.165, 1.54) is 0 Å². The second-order valence-corrected chi connectivity index (χ2v) is 10.1. The summed E-state index contributed by atoms with van der Waals surface area (Å²) < 4.78 is 18.5. The monoisotopic (exact) mass is 454 g/mol. The van der Waals surface area contributed by atoms with E-state index in [1.54, 1.807) is 0 Å². The van der Waals surface area contributed by atoms with Gasteiger partial charge in [0.1, 0.15) is 5.78 Å². The molecule has 0 saturated heterocycles. The van der Waals surface area contributed by atoms with Gasteiger partial charge in [-0.2, -0.15) is 0 Å². The lowest BCUT2D eigenvalue weighted by Crippen LogP contribution is -2.42. The number of rotatable bonds is 13. The Morgan fingerprint density at radius 3 is 2.45 bits per heavy atom. The summed E-state index contributed by atoms with van der Waals surface area (Å²) in [5, 5.41) is 12.2. The van der Waals surface area contributed by atoms with E-state index in [2.05, 4.69) is 5.32 Å². The second kappa shape index (κ2) is 13.0. The molecule has 1 aromatic carbocycles. The first-order chi connectivity index (χ1) is 14.8. The molecule has 8 nitrogen and oxygen atoms in total. The summed E-state index contributed by atoms with van der Waals surface area (Å²) in [4.78, 5) is 35.0. The first kappa shape index (κ1) is 25.5. The largest absolute Gasteiger partial charge is 0.479 e. The van der Waals surface area contributed by atoms with Crippen molar-refractivity contribution in [3.8, 4) is 0 Å². The summed E-state index contributed by atoms with van der Waals surface area (Å²) in [7, 11) is -4.42. The number of aryl methyl sites for hydroxylation is 1. The summed E-state index contributed by atoms with van der Waals surface area (Å²) >= 11 is 0. The molecule has 0 spiro atoms. The zero-order valence-electron chi connectivity index (χ0n) is 17.9. The quantitative estimate of drug-likeness (QED) is 0.264. The molecule has 1 saturated carbocycles. The van der Waals surface area contributed by atoms with E-state index in [0.717, 1.165) is 24.8 Å². The van der Waals surface area contributed by atoms with E-state index in [-0.39, 0.29) is 24.7 Å². The number of amides is 1. The van der Waals surface area contributed by atoms with Crippen LogP contribution in [0.4, 0.5) is 0 Å². The van der Waals surface area contributed by atoms with Crippen LogP contribution in [0.5, 0.6) is 0 Å². The number of carboxylic acids is 1. The molecule has 0 radical (unpaired) electrons. The number of hydrogen-bond acceptors (Lipinski definition) is 5. The highest BCUT2D eigenvalue weighted by molar-refractivity contribution is 7.53. The summed E-state index contributed by atoms with van der Waals surface area (Å²) in [6, 6.07) is 9.53. The van der Waals surface area contributed by atoms with Gasteiger partial charge in [0.05, 0.1) is 0 Å². The number of unbranched alkanes of at least 4 members (excludes halogenated alkanes) is 1.